The third-order valence-electron chi connectivity index (χ3n) is 15.8. The van der Waals surface area contributed by atoms with Gasteiger partial charge in [0.05, 0.1) is 61.0 Å². The maximum atomic E-state index is 12.2. The second-order valence-electron chi connectivity index (χ2n) is 19.6. The fourth-order valence-electron chi connectivity index (χ4n) is 12.6. The van der Waals surface area contributed by atoms with Gasteiger partial charge >= 0.3 is 0 Å². The molecule has 0 atom stereocenters. The number of hydrogen-bond acceptors (Lipinski definition) is 5. The second-order valence-corrected chi connectivity index (χ2v) is 21.7. The Labute approximate surface area is 439 Å². The Bertz CT molecular complexity index is 5190. The molecule has 17 rings (SSSR count). The van der Waals surface area contributed by atoms with Crippen LogP contribution in [0.25, 0.3) is 166 Å². The van der Waals surface area contributed by atoms with Gasteiger partial charge in [-0.1, -0.05) is 146 Å². The Hall–Kier alpha value is -9.96. The Balaban J connectivity index is 1.18. The van der Waals surface area contributed by atoms with Crippen LogP contribution in [0.5, 0.6) is 0 Å². The van der Waals surface area contributed by atoms with Crippen LogP contribution in [0.4, 0.5) is 5.69 Å². The molecule has 6 heterocycles. The first-order chi connectivity index (χ1) is 37.6. The molecule has 0 fully saturated rings. The van der Waals surface area contributed by atoms with E-state index in [1.807, 2.05) is 48.5 Å². The van der Waals surface area contributed by atoms with Crippen LogP contribution >= 0.6 is 22.7 Å². The van der Waals surface area contributed by atoms with E-state index in [-0.39, 0.29) is 11.3 Å². The molecule has 0 aliphatic heterocycles. The predicted octanol–water partition coefficient (Wildman–Crippen LogP) is 20.2. The van der Waals surface area contributed by atoms with Crippen LogP contribution in [0.15, 0.2) is 215 Å². The summed E-state index contributed by atoms with van der Waals surface area (Å²) < 4.78 is 22.5. The lowest BCUT2D eigenvalue weighted by Crippen LogP contribution is -2.10. The van der Waals surface area contributed by atoms with Crippen molar-refractivity contribution in [2.45, 2.75) is 0 Å². The Kier molecular flexibility index (Phi) is 8.36. The van der Waals surface area contributed by atoms with Crippen LogP contribution in [0.1, 0.15) is 5.56 Å². The molecule has 0 radical (unpaired) electrons. The SMILES string of the molecule is [C-]#[N+]c1c(C#N)c(-c2ccc3oc4ccccc4c3c2)c(-n2c3ccccc3c3ccc4c5ccccc5sc4c32)c(-n2c3ccccc3c3ccc4c5ccccc5sc4c32)c1-c1ccc2oc3ccccc3c2c1. The Morgan fingerprint density at radius 3 is 1.30 bits per heavy atom. The van der Waals surface area contributed by atoms with E-state index < -0.39 is 0 Å². The highest BCUT2D eigenvalue weighted by Crippen LogP contribution is 2.55. The number of para-hydroxylation sites is 4. The standard InChI is InChI=1S/C68H34N4O2S2/c1-70-62-51(36-69)60(37-26-32-56-49(34-37)41-16-4-10-22-54(41)73-56)65(71-52-20-8-2-14-39(52)45-28-30-47-43-18-6-12-24-58(43)75-67(47)63(45)71)66(61(62)38-27-33-57-50(35-38)42-17-5-11-23-55(42)74-57)72-53-21-9-3-15-40(53)46-29-31-48-44-19-7-13-25-59(44)76-68(48)64(46)72/h2-35H. The molecule has 350 valence electrons. The van der Waals surface area contributed by atoms with Gasteiger partial charge in [-0.05, 0) is 71.8 Å². The third-order valence-corrected chi connectivity index (χ3v) is 18.2. The van der Waals surface area contributed by atoms with Crippen molar-refractivity contribution in [1.29, 1.82) is 5.26 Å². The van der Waals surface area contributed by atoms with Gasteiger partial charge in [0.25, 0.3) is 0 Å². The lowest BCUT2D eigenvalue weighted by Gasteiger charge is -2.26. The van der Waals surface area contributed by atoms with Gasteiger partial charge in [-0.2, -0.15) is 5.26 Å². The van der Waals surface area contributed by atoms with Gasteiger partial charge < -0.3 is 18.0 Å². The van der Waals surface area contributed by atoms with Gasteiger partial charge in [-0.3, -0.25) is 0 Å². The quantitative estimate of drug-likeness (QED) is 0.165. The van der Waals surface area contributed by atoms with Crippen LogP contribution in [-0.4, -0.2) is 9.13 Å². The molecule has 0 bridgehead atoms. The van der Waals surface area contributed by atoms with E-state index in [0.29, 0.717) is 11.1 Å². The first-order valence-corrected chi connectivity index (χ1v) is 26.8. The van der Waals surface area contributed by atoms with Crippen molar-refractivity contribution in [3.63, 3.8) is 0 Å². The molecule has 6 nitrogen and oxygen atoms in total. The summed E-state index contributed by atoms with van der Waals surface area (Å²) >= 11 is 3.59. The molecule has 0 aliphatic rings. The van der Waals surface area contributed by atoms with E-state index in [9.17, 15) is 11.8 Å². The first-order valence-electron chi connectivity index (χ1n) is 25.2. The molecule has 17 aromatic rings. The highest BCUT2D eigenvalue weighted by molar-refractivity contribution is 7.27. The maximum Gasteiger partial charge on any atom is 0.215 e. The predicted molar refractivity (Wildman–Crippen MR) is 317 cm³/mol. The minimum absolute atomic E-state index is 0.266. The summed E-state index contributed by atoms with van der Waals surface area (Å²) in [6.07, 6.45) is 0. The van der Waals surface area contributed by atoms with Crippen LogP contribution in [0.2, 0.25) is 0 Å². The van der Waals surface area contributed by atoms with Crippen molar-refractivity contribution < 1.29 is 8.83 Å². The zero-order chi connectivity index (χ0) is 49.9. The summed E-state index contributed by atoms with van der Waals surface area (Å²) in [5, 5.41) is 25.0. The summed E-state index contributed by atoms with van der Waals surface area (Å²) in [7, 11) is 0. The van der Waals surface area contributed by atoms with Crippen LogP contribution < -0.4 is 0 Å². The fraction of sp³-hybridized carbons (Fsp3) is 0. The van der Waals surface area contributed by atoms with Crippen molar-refractivity contribution in [3.05, 3.63) is 223 Å². The summed E-state index contributed by atoms with van der Waals surface area (Å²) in [6, 6.07) is 75.2. The molecule has 6 aromatic heterocycles. The van der Waals surface area contributed by atoms with E-state index in [1.165, 1.54) is 20.2 Å². The number of aromatic nitrogens is 2. The minimum Gasteiger partial charge on any atom is -0.456 e. The second kappa shape index (κ2) is 15.3. The highest BCUT2D eigenvalue weighted by atomic mass is 32.1. The molecule has 0 spiro atoms. The van der Waals surface area contributed by atoms with E-state index in [2.05, 4.69) is 178 Å². The topological polar surface area (TPSA) is 64.3 Å². The Morgan fingerprint density at radius 1 is 0.395 bits per heavy atom. The molecular formula is C68H34N4O2S2. The van der Waals surface area contributed by atoms with E-state index in [0.717, 1.165) is 130 Å². The summed E-state index contributed by atoms with van der Waals surface area (Å²) in [6.45, 7) is 9.47. The first kappa shape index (κ1) is 41.5. The molecule has 8 heteroatoms. The maximum absolute atomic E-state index is 12.2. The highest BCUT2D eigenvalue weighted by Gasteiger charge is 2.34. The van der Waals surface area contributed by atoms with E-state index in [1.54, 1.807) is 22.7 Å². The van der Waals surface area contributed by atoms with E-state index in [4.69, 9.17) is 8.83 Å². The summed E-state index contributed by atoms with van der Waals surface area (Å²) in [4.78, 5) is 4.56. The molecule has 0 amide bonds. The average molecular weight is 1000 g/mol. The number of fused-ring (bicyclic) bond motifs is 20. The molecule has 0 N–H and O–H groups in total. The van der Waals surface area contributed by atoms with Gasteiger partial charge in [0, 0.05) is 85.2 Å². The molecule has 11 aromatic carbocycles. The molecule has 0 aliphatic carbocycles. The monoisotopic (exact) mass is 1000 g/mol. The minimum atomic E-state index is 0.266. The van der Waals surface area contributed by atoms with Crippen molar-refractivity contribution in [2.24, 2.45) is 0 Å². The molecular weight excluding hydrogens is 969 g/mol. The Morgan fingerprint density at radius 2 is 0.803 bits per heavy atom. The lowest BCUT2D eigenvalue weighted by molar-refractivity contribution is 0.668. The third kappa shape index (κ3) is 5.45. The summed E-state index contributed by atoms with van der Waals surface area (Å²) in [5.74, 6) is 0. The fourth-order valence-corrected chi connectivity index (χ4v) is 15.1. The smallest absolute Gasteiger partial charge is 0.215 e. The van der Waals surface area contributed by atoms with Crippen LogP contribution in [0.3, 0.4) is 0 Å². The van der Waals surface area contributed by atoms with Gasteiger partial charge in [-0.25, -0.2) is 4.85 Å². The van der Waals surface area contributed by atoms with Crippen molar-refractivity contribution in [3.8, 4) is 39.7 Å². The van der Waals surface area contributed by atoms with E-state index >= 15 is 0 Å². The van der Waals surface area contributed by atoms with Gasteiger partial charge in [0.15, 0.2) is 0 Å². The van der Waals surface area contributed by atoms with Crippen molar-refractivity contribution in [2.75, 3.05) is 0 Å². The van der Waals surface area contributed by atoms with Crippen LogP contribution in [0, 0.1) is 17.9 Å². The lowest BCUT2D eigenvalue weighted by atomic mass is 9.88. The normalized spacial score (nSPS) is 12.2. The average Bonchev–Trinajstić information content (AvgIpc) is 4.42. The molecule has 76 heavy (non-hydrogen) atoms. The number of furan rings is 2. The van der Waals surface area contributed by atoms with Gasteiger partial charge in [0.2, 0.25) is 5.69 Å². The number of hydrogen-bond donors (Lipinski definition) is 0. The zero-order valence-electron chi connectivity index (χ0n) is 40.1. The molecule has 0 unspecified atom stereocenters. The molecule has 0 saturated carbocycles. The molecule has 0 saturated heterocycles. The number of rotatable bonds is 4. The van der Waals surface area contributed by atoms with Crippen molar-refractivity contribution in [1.82, 2.24) is 9.13 Å². The zero-order valence-corrected chi connectivity index (χ0v) is 41.7. The van der Waals surface area contributed by atoms with Crippen molar-refractivity contribution >= 4 is 156 Å². The van der Waals surface area contributed by atoms with Gasteiger partial charge in [0.1, 0.15) is 22.3 Å². The summed E-state index contributed by atoms with van der Waals surface area (Å²) in [5.41, 5.74) is 12.1. The number of benzene rings is 11. The number of nitriles is 1. The van der Waals surface area contributed by atoms with Gasteiger partial charge in [-0.15, -0.1) is 22.7 Å². The largest absolute Gasteiger partial charge is 0.456 e. The number of thiophene rings is 2. The van der Waals surface area contributed by atoms with Crippen LogP contribution in [-0.2, 0) is 0 Å². The number of nitrogens with zero attached hydrogens (tertiary/aromatic N) is 4.